The molecule has 0 saturated carbocycles. The Morgan fingerprint density at radius 3 is 2.42 bits per heavy atom. The first kappa shape index (κ1) is 15.8. The maximum atomic E-state index is 12.4. The maximum absolute atomic E-state index is 12.4. The molecule has 0 atom stereocenters. The quantitative estimate of drug-likeness (QED) is 0.776. The fraction of sp³-hybridized carbons (Fsp3) is 0.533. The summed E-state index contributed by atoms with van der Waals surface area (Å²) in [7, 11) is 0. The summed E-state index contributed by atoms with van der Waals surface area (Å²) in [5, 5.41) is 3.04. The average molecular weight is 284 g/mol. The van der Waals surface area contributed by atoms with Gasteiger partial charge in [-0.25, -0.2) is 0 Å². The van der Waals surface area contributed by atoms with E-state index in [0.717, 1.165) is 12.8 Å². The Bertz CT molecular complexity index is 408. The van der Waals surface area contributed by atoms with Crippen molar-refractivity contribution in [2.24, 2.45) is 0 Å². The van der Waals surface area contributed by atoms with E-state index in [9.17, 15) is 4.79 Å². The number of amides is 1. The van der Waals surface area contributed by atoms with Crippen LogP contribution in [0.3, 0.4) is 0 Å². The first-order valence-electron chi connectivity index (χ1n) is 6.72. The van der Waals surface area contributed by atoms with Crippen molar-refractivity contribution in [3.63, 3.8) is 0 Å². The third-order valence-corrected chi connectivity index (χ3v) is 3.93. The number of hydrogen-bond acceptors (Lipinski definition) is 2. The Balaban J connectivity index is 2.94. The van der Waals surface area contributed by atoms with E-state index >= 15 is 0 Å². The van der Waals surface area contributed by atoms with E-state index in [4.69, 9.17) is 16.3 Å². The first-order chi connectivity index (χ1) is 9.12. The number of ether oxygens (including phenoxy) is 1. The van der Waals surface area contributed by atoms with Crippen LogP contribution in [0.1, 0.15) is 44.0 Å². The van der Waals surface area contributed by atoms with Crippen molar-refractivity contribution in [2.45, 2.75) is 39.2 Å². The summed E-state index contributed by atoms with van der Waals surface area (Å²) < 4.78 is 5.48. The van der Waals surface area contributed by atoms with Crippen LogP contribution in [0.5, 0.6) is 5.75 Å². The van der Waals surface area contributed by atoms with E-state index in [-0.39, 0.29) is 11.4 Å². The lowest BCUT2D eigenvalue weighted by molar-refractivity contribution is 0.0898. The Hall–Kier alpha value is -1.22. The SMILES string of the molecule is CCOc1ccccc1C(=O)NC(CC)(CC)CCl. The molecule has 0 bridgehead atoms. The van der Waals surface area contributed by atoms with Crippen molar-refractivity contribution in [1.29, 1.82) is 0 Å². The molecule has 0 aliphatic carbocycles. The number of carbonyl (C=O) groups excluding carboxylic acids is 1. The average Bonchev–Trinajstić information content (AvgIpc) is 2.46. The normalized spacial score (nSPS) is 11.2. The van der Waals surface area contributed by atoms with Crippen LogP contribution in [-0.4, -0.2) is 23.9 Å². The number of para-hydroxylation sites is 1. The van der Waals surface area contributed by atoms with Crippen LogP contribution in [0, 0.1) is 0 Å². The highest BCUT2D eigenvalue weighted by atomic mass is 35.5. The molecule has 0 aliphatic rings. The minimum Gasteiger partial charge on any atom is -0.493 e. The zero-order valence-corrected chi connectivity index (χ0v) is 12.6. The Kier molecular flexibility index (Phi) is 6.16. The molecule has 4 heteroatoms. The molecule has 1 aromatic carbocycles. The molecule has 0 unspecified atom stereocenters. The van der Waals surface area contributed by atoms with Gasteiger partial charge in [0.2, 0.25) is 0 Å². The molecule has 0 radical (unpaired) electrons. The summed E-state index contributed by atoms with van der Waals surface area (Å²) in [6.45, 7) is 6.49. The Morgan fingerprint density at radius 2 is 1.89 bits per heavy atom. The molecule has 0 heterocycles. The lowest BCUT2D eigenvalue weighted by Crippen LogP contribution is -2.49. The van der Waals surface area contributed by atoms with Crippen molar-refractivity contribution in [3.05, 3.63) is 29.8 Å². The number of hydrogen-bond donors (Lipinski definition) is 1. The van der Waals surface area contributed by atoms with Gasteiger partial charge in [-0.3, -0.25) is 4.79 Å². The molecule has 3 nitrogen and oxygen atoms in total. The van der Waals surface area contributed by atoms with Gasteiger partial charge >= 0.3 is 0 Å². The highest BCUT2D eigenvalue weighted by molar-refractivity contribution is 6.19. The number of nitrogens with one attached hydrogen (secondary N) is 1. The number of alkyl halides is 1. The molecular formula is C15H22ClNO2. The molecule has 19 heavy (non-hydrogen) atoms. The van der Waals surface area contributed by atoms with Crippen LogP contribution in [0.4, 0.5) is 0 Å². The lowest BCUT2D eigenvalue weighted by atomic mass is 9.94. The standard InChI is InChI=1S/C15H22ClNO2/c1-4-15(5-2,11-16)17-14(18)12-9-7-8-10-13(12)19-6-3/h7-10H,4-6,11H2,1-3H3,(H,17,18). The third kappa shape index (κ3) is 3.87. The second kappa shape index (κ2) is 7.39. The summed E-state index contributed by atoms with van der Waals surface area (Å²) in [5.41, 5.74) is 0.207. The van der Waals surface area contributed by atoms with Gasteiger partial charge in [-0.1, -0.05) is 26.0 Å². The molecule has 0 spiro atoms. The minimum atomic E-state index is -0.349. The van der Waals surface area contributed by atoms with Gasteiger partial charge < -0.3 is 10.1 Å². The van der Waals surface area contributed by atoms with Crippen molar-refractivity contribution >= 4 is 17.5 Å². The van der Waals surface area contributed by atoms with Gasteiger partial charge in [-0.05, 0) is 31.9 Å². The van der Waals surface area contributed by atoms with Crippen molar-refractivity contribution in [3.8, 4) is 5.75 Å². The number of rotatable bonds is 7. The summed E-state index contributed by atoms with van der Waals surface area (Å²) >= 11 is 6.01. The van der Waals surface area contributed by atoms with Gasteiger partial charge in [0.1, 0.15) is 5.75 Å². The summed E-state index contributed by atoms with van der Waals surface area (Å²) in [4.78, 5) is 12.4. The predicted octanol–water partition coefficient (Wildman–Crippen LogP) is 3.61. The molecule has 1 N–H and O–H groups in total. The van der Waals surface area contributed by atoms with Crippen molar-refractivity contribution in [2.75, 3.05) is 12.5 Å². The fourth-order valence-corrected chi connectivity index (χ4v) is 2.34. The molecule has 1 amide bonds. The molecule has 1 aromatic rings. The monoisotopic (exact) mass is 283 g/mol. The van der Waals surface area contributed by atoms with E-state index in [2.05, 4.69) is 5.32 Å². The van der Waals surface area contributed by atoms with Gasteiger partial charge in [0.25, 0.3) is 5.91 Å². The molecular weight excluding hydrogens is 262 g/mol. The largest absolute Gasteiger partial charge is 0.493 e. The van der Waals surface area contributed by atoms with Gasteiger partial charge in [-0.15, -0.1) is 11.6 Å². The molecule has 0 aromatic heterocycles. The van der Waals surface area contributed by atoms with Crippen molar-refractivity contribution in [1.82, 2.24) is 5.32 Å². The van der Waals surface area contributed by atoms with Crippen LogP contribution >= 0.6 is 11.6 Å². The van der Waals surface area contributed by atoms with Gasteiger partial charge in [0.15, 0.2) is 0 Å². The van der Waals surface area contributed by atoms with E-state index in [1.807, 2.05) is 32.9 Å². The second-order valence-corrected chi connectivity index (χ2v) is 4.77. The van der Waals surface area contributed by atoms with Crippen LogP contribution in [-0.2, 0) is 0 Å². The van der Waals surface area contributed by atoms with Gasteiger partial charge in [0, 0.05) is 5.88 Å². The smallest absolute Gasteiger partial charge is 0.255 e. The predicted molar refractivity (Wildman–Crippen MR) is 79.1 cm³/mol. The molecule has 0 saturated heterocycles. The topological polar surface area (TPSA) is 38.3 Å². The number of benzene rings is 1. The third-order valence-electron chi connectivity index (χ3n) is 3.42. The highest BCUT2D eigenvalue weighted by Gasteiger charge is 2.28. The maximum Gasteiger partial charge on any atom is 0.255 e. The minimum absolute atomic E-state index is 0.131. The van der Waals surface area contributed by atoms with Crippen LogP contribution in [0.2, 0.25) is 0 Å². The van der Waals surface area contributed by atoms with E-state index in [1.54, 1.807) is 12.1 Å². The number of halogens is 1. The highest BCUT2D eigenvalue weighted by Crippen LogP contribution is 2.22. The zero-order valence-electron chi connectivity index (χ0n) is 11.8. The van der Waals surface area contributed by atoms with E-state index in [1.165, 1.54) is 0 Å². The van der Waals surface area contributed by atoms with Crippen LogP contribution in [0.15, 0.2) is 24.3 Å². The van der Waals surface area contributed by atoms with Crippen LogP contribution in [0.25, 0.3) is 0 Å². The summed E-state index contributed by atoms with van der Waals surface area (Å²) in [6, 6.07) is 7.26. The lowest BCUT2D eigenvalue weighted by Gasteiger charge is -2.30. The zero-order chi connectivity index (χ0) is 14.3. The Morgan fingerprint density at radius 1 is 1.26 bits per heavy atom. The van der Waals surface area contributed by atoms with Gasteiger partial charge in [0.05, 0.1) is 17.7 Å². The first-order valence-corrected chi connectivity index (χ1v) is 7.26. The Labute approximate surface area is 120 Å². The molecule has 0 aliphatic heterocycles. The summed E-state index contributed by atoms with van der Waals surface area (Å²) in [5.74, 6) is 0.884. The molecule has 106 valence electrons. The van der Waals surface area contributed by atoms with E-state index in [0.29, 0.717) is 23.8 Å². The van der Waals surface area contributed by atoms with Gasteiger partial charge in [-0.2, -0.15) is 0 Å². The molecule has 0 fully saturated rings. The van der Waals surface area contributed by atoms with Crippen molar-refractivity contribution < 1.29 is 9.53 Å². The van der Waals surface area contributed by atoms with E-state index < -0.39 is 0 Å². The van der Waals surface area contributed by atoms with Crippen LogP contribution < -0.4 is 10.1 Å². The number of carbonyl (C=O) groups is 1. The fourth-order valence-electron chi connectivity index (χ4n) is 1.89. The summed E-state index contributed by atoms with van der Waals surface area (Å²) in [6.07, 6.45) is 1.60. The molecule has 1 rings (SSSR count). The second-order valence-electron chi connectivity index (χ2n) is 4.50.